The smallest absolute Gasteiger partial charge is 0.333 e. The number of rotatable bonds is 5. The number of phenolic OH excluding ortho intramolecular Hbond substituents is 1. The second-order valence-corrected chi connectivity index (χ2v) is 4.94. The fourth-order valence-electron chi connectivity index (χ4n) is 1.94. The monoisotopic (exact) mass is 284 g/mol. The predicted molar refractivity (Wildman–Crippen MR) is 80.1 cm³/mol. The topological polar surface area (TPSA) is 63.6 Å². The highest BCUT2D eigenvalue weighted by atomic mass is 16.5. The Labute approximate surface area is 122 Å². The first-order valence-corrected chi connectivity index (χ1v) is 6.51. The number of esters is 1. The number of Topliss-reactive ketones (excluding diaryl/α,β-unsaturated/α-hetero) is 1. The van der Waals surface area contributed by atoms with Gasteiger partial charge in [-0.15, -0.1) is 0 Å². The van der Waals surface area contributed by atoms with Gasteiger partial charge in [0.25, 0.3) is 0 Å². The number of hydrogen-bond donors (Lipinski definition) is 1. The van der Waals surface area contributed by atoms with Crippen LogP contribution in [-0.2, 0) is 20.7 Å². The third kappa shape index (κ3) is 3.92. The molecule has 4 nitrogen and oxygen atoms in total. The van der Waals surface area contributed by atoms with E-state index in [9.17, 15) is 14.7 Å². The SMILES string of the molecule is C=C(C)C(=O)OCC(=O)Cc1ccc2cc(O)ccc2c1. The fourth-order valence-corrected chi connectivity index (χ4v) is 1.94. The summed E-state index contributed by atoms with van der Waals surface area (Å²) in [5, 5.41) is 11.2. The van der Waals surface area contributed by atoms with Gasteiger partial charge in [0.2, 0.25) is 0 Å². The summed E-state index contributed by atoms with van der Waals surface area (Å²) in [4.78, 5) is 23.0. The molecule has 0 radical (unpaired) electrons. The first kappa shape index (κ1) is 14.8. The van der Waals surface area contributed by atoms with Crippen molar-refractivity contribution in [3.05, 3.63) is 54.1 Å². The fraction of sp³-hybridized carbons (Fsp3) is 0.176. The van der Waals surface area contributed by atoms with Gasteiger partial charge in [0.05, 0.1) is 0 Å². The Morgan fingerprint density at radius 3 is 2.52 bits per heavy atom. The molecule has 0 spiro atoms. The summed E-state index contributed by atoms with van der Waals surface area (Å²) in [6.07, 6.45) is 0.195. The summed E-state index contributed by atoms with van der Waals surface area (Å²) >= 11 is 0. The standard InChI is InChI=1S/C17H16O4/c1-11(2)17(20)21-10-16(19)8-12-3-4-14-9-15(18)6-5-13(14)7-12/h3-7,9,18H,1,8,10H2,2H3. The van der Waals surface area contributed by atoms with Crippen LogP contribution in [0, 0.1) is 0 Å². The number of benzene rings is 2. The summed E-state index contributed by atoms with van der Waals surface area (Å²) in [6, 6.07) is 10.6. The number of aromatic hydroxyl groups is 1. The van der Waals surface area contributed by atoms with Gasteiger partial charge in [0.15, 0.2) is 12.4 Å². The molecule has 0 aliphatic carbocycles. The van der Waals surface area contributed by atoms with E-state index >= 15 is 0 Å². The zero-order chi connectivity index (χ0) is 15.4. The Bertz CT molecular complexity index is 716. The molecule has 0 bridgehead atoms. The summed E-state index contributed by atoms with van der Waals surface area (Å²) in [6.45, 7) is 4.73. The molecule has 2 aromatic rings. The van der Waals surface area contributed by atoms with Crippen LogP contribution in [0.3, 0.4) is 0 Å². The summed E-state index contributed by atoms with van der Waals surface area (Å²) in [5.41, 5.74) is 1.11. The normalized spacial score (nSPS) is 10.3. The number of phenols is 1. The van der Waals surface area contributed by atoms with Gasteiger partial charge >= 0.3 is 5.97 Å². The molecule has 4 heteroatoms. The molecule has 0 aromatic heterocycles. The number of hydrogen-bond acceptors (Lipinski definition) is 4. The maximum absolute atomic E-state index is 11.8. The van der Waals surface area contributed by atoms with E-state index in [1.165, 1.54) is 6.92 Å². The van der Waals surface area contributed by atoms with Crippen molar-refractivity contribution in [2.24, 2.45) is 0 Å². The average Bonchev–Trinajstić information content (AvgIpc) is 2.44. The van der Waals surface area contributed by atoms with Gasteiger partial charge in [0.1, 0.15) is 5.75 Å². The molecule has 21 heavy (non-hydrogen) atoms. The molecule has 2 rings (SSSR count). The second kappa shape index (κ2) is 6.22. The lowest BCUT2D eigenvalue weighted by Crippen LogP contribution is -2.15. The Hall–Kier alpha value is -2.62. The quantitative estimate of drug-likeness (QED) is 0.677. The zero-order valence-electron chi connectivity index (χ0n) is 11.8. The van der Waals surface area contributed by atoms with Gasteiger partial charge < -0.3 is 9.84 Å². The molecule has 0 atom stereocenters. The molecule has 0 heterocycles. The van der Waals surface area contributed by atoms with Gasteiger partial charge in [-0.05, 0) is 35.4 Å². The number of fused-ring (bicyclic) bond motifs is 1. The predicted octanol–water partition coefficient (Wildman–Crippen LogP) is 2.78. The largest absolute Gasteiger partial charge is 0.508 e. The maximum atomic E-state index is 11.8. The molecule has 1 N–H and O–H groups in total. The van der Waals surface area contributed by atoms with Crippen LogP contribution < -0.4 is 0 Å². The molecule has 0 aliphatic rings. The van der Waals surface area contributed by atoms with Crippen molar-refractivity contribution in [2.75, 3.05) is 6.61 Å². The lowest BCUT2D eigenvalue weighted by molar-refractivity contribution is -0.143. The van der Waals surface area contributed by atoms with Crippen LogP contribution in [0.15, 0.2) is 48.6 Å². The molecule has 0 unspecified atom stereocenters. The van der Waals surface area contributed by atoms with Crippen LogP contribution in [0.25, 0.3) is 10.8 Å². The first-order chi connectivity index (χ1) is 9.95. The van der Waals surface area contributed by atoms with Crippen LogP contribution in [0.4, 0.5) is 0 Å². The maximum Gasteiger partial charge on any atom is 0.333 e. The van der Waals surface area contributed by atoms with Crippen molar-refractivity contribution in [1.82, 2.24) is 0 Å². The minimum Gasteiger partial charge on any atom is -0.508 e. The molecule has 0 fully saturated rings. The molecular formula is C17H16O4. The van der Waals surface area contributed by atoms with Crippen molar-refractivity contribution >= 4 is 22.5 Å². The number of ketones is 1. The third-order valence-electron chi connectivity index (χ3n) is 3.00. The third-order valence-corrected chi connectivity index (χ3v) is 3.00. The first-order valence-electron chi connectivity index (χ1n) is 6.51. The van der Waals surface area contributed by atoms with E-state index in [1.807, 2.05) is 18.2 Å². The summed E-state index contributed by atoms with van der Waals surface area (Å²) in [7, 11) is 0. The Morgan fingerprint density at radius 1 is 1.14 bits per heavy atom. The molecule has 108 valence electrons. The molecular weight excluding hydrogens is 268 g/mol. The van der Waals surface area contributed by atoms with E-state index in [-0.39, 0.29) is 30.1 Å². The van der Waals surface area contributed by atoms with Crippen LogP contribution >= 0.6 is 0 Å². The molecule has 0 saturated heterocycles. The van der Waals surface area contributed by atoms with Gasteiger partial charge in [-0.2, -0.15) is 0 Å². The number of ether oxygens (including phenoxy) is 1. The van der Waals surface area contributed by atoms with Crippen molar-refractivity contribution in [1.29, 1.82) is 0 Å². The Balaban J connectivity index is 2.02. The van der Waals surface area contributed by atoms with Crippen molar-refractivity contribution in [3.8, 4) is 5.75 Å². The summed E-state index contributed by atoms with van der Waals surface area (Å²) in [5.74, 6) is -0.530. The number of carbonyl (C=O) groups excluding carboxylic acids is 2. The van der Waals surface area contributed by atoms with Gasteiger partial charge in [0, 0.05) is 12.0 Å². The lowest BCUT2D eigenvalue weighted by Gasteiger charge is -2.05. The Kier molecular flexibility index (Phi) is 4.38. The van der Waals surface area contributed by atoms with Crippen molar-refractivity contribution in [2.45, 2.75) is 13.3 Å². The second-order valence-electron chi connectivity index (χ2n) is 4.94. The van der Waals surface area contributed by atoms with Crippen LogP contribution in [-0.4, -0.2) is 23.5 Å². The van der Waals surface area contributed by atoms with E-state index in [1.54, 1.807) is 18.2 Å². The minimum absolute atomic E-state index is 0.178. The van der Waals surface area contributed by atoms with E-state index in [0.717, 1.165) is 16.3 Å². The molecule has 0 aliphatic heterocycles. The van der Waals surface area contributed by atoms with E-state index in [4.69, 9.17) is 4.74 Å². The molecule has 2 aromatic carbocycles. The van der Waals surface area contributed by atoms with Crippen LogP contribution in [0.5, 0.6) is 5.75 Å². The zero-order valence-corrected chi connectivity index (χ0v) is 11.8. The molecule has 0 amide bonds. The van der Waals surface area contributed by atoms with Crippen molar-refractivity contribution in [3.63, 3.8) is 0 Å². The van der Waals surface area contributed by atoms with Crippen molar-refractivity contribution < 1.29 is 19.4 Å². The summed E-state index contributed by atoms with van der Waals surface area (Å²) < 4.78 is 4.82. The lowest BCUT2D eigenvalue weighted by atomic mass is 10.0. The Morgan fingerprint density at radius 2 is 1.81 bits per heavy atom. The highest BCUT2D eigenvalue weighted by Crippen LogP contribution is 2.21. The van der Waals surface area contributed by atoms with Crippen LogP contribution in [0.2, 0.25) is 0 Å². The highest BCUT2D eigenvalue weighted by molar-refractivity contribution is 5.91. The van der Waals surface area contributed by atoms with E-state index in [2.05, 4.69) is 6.58 Å². The van der Waals surface area contributed by atoms with Gasteiger partial charge in [-0.25, -0.2) is 4.79 Å². The minimum atomic E-state index is -0.558. The highest BCUT2D eigenvalue weighted by Gasteiger charge is 2.09. The van der Waals surface area contributed by atoms with E-state index in [0.29, 0.717) is 0 Å². The molecule has 0 saturated carbocycles. The average molecular weight is 284 g/mol. The van der Waals surface area contributed by atoms with Gasteiger partial charge in [-0.1, -0.05) is 30.8 Å². The van der Waals surface area contributed by atoms with Gasteiger partial charge in [-0.3, -0.25) is 4.79 Å². The number of carbonyl (C=O) groups is 2. The van der Waals surface area contributed by atoms with E-state index < -0.39 is 5.97 Å². The van der Waals surface area contributed by atoms with Crippen LogP contribution in [0.1, 0.15) is 12.5 Å².